The zero-order chi connectivity index (χ0) is 20.9. The van der Waals surface area contributed by atoms with Crippen LogP contribution in [0.25, 0.3) is 0 Å². The smallest absolute Gasteiger partial charge is 0.226 e. The lowest BCUT2D eigenvalue weighted by molar-refractivity contribution is -0.121. The van der Waals surface area contributed by atoms with Crippen LogP contribution in [0.2, 0.25) is 0 Å². The van der Waals surface area contributed by atoms with Gasteiger partial charge in [0, 0.05) is 36.3 Å². The fourth-order valence-corrected chi connectivity index (χ4v) is 3.66. The Morgan fingerprint density at radius 1 is 1.17 bits per heavy atom. The number of aromatic nitrogens is 2. The van der Waals surface area contributed by atoms with E-state index >= 15 is 0 Å². The van der Waals surface area contributed by atoms with Crippen LogP contribution in [0.5, 0.6) is 0 Å². The minimum absolute atomic E-state index is 0.0859. The first-order chi connectivity index (χ1) is 14.6. The van der Waals surface area contributed by atoms with Crippen LogP contribution in [-0.2, 0) is 22.5 Å². The standard InChI is InChI=1S/C24H24N4O2/c1-16-10-18(8-9-25-16)24-21-14-26-20(11-19(21)13-27-24)12-23(29)28-22(15-30-2)17-6-4-3-5-7-17/h3-11,14,22H,12-13,15H2,1-2H3,(H,28,29)/t22-/m0/s1. The van der Waals surface area contributed by atoms with Crippen LogP contribution < -0.4 is 5.32 Å². The van der Waals surface area contributed by atoms with Crippen molar-refractivity contribution in [3.05, 3.63) is 94.6 Å². The van der Waals surface area contributed by atoms with E-state index in [1.807, 2.05) is 61.7 Å². The molecule has 0 unspecified atom stereocenters. The monoisotopic (exact) mass is 400 g/mol. The first-order valence-electron chi connectivity index (χ1n) is 9.93. The average molecular weight is 400 g/mol. The highest BCUT2D eigenvalue weighted by atomic mass is 16.5. The number of fused-ring (bicyclic) bond motifs is 1. The number of hydrogen-bond donors (Lipinski definition) is 1. The number of hydrogen-bond acceptors (Lipinski definition) is 5. The number of aryl methyl sites for hydroxylation is 1. The minimum Gasteiger partial charge on any atom is -0.382 e. The van der Waals surface area contributed by atoms with Gasteiger partial charge in [-0.1, -0.05) is 30.3 Å². The van der Waals surface area contributed by atoms with E-state index in [1.165, 1.54) is 0 Å². The highest BCUT2D eigenvalue weighted by molar-refractivity contribution is 6.15. The van der Waals surface area contributed by atoms with Gasteiger partial charge in [0.2, 0.25) is 5.91 Å². The lowest BCUT2D eigenvalue weighted by Gasteiger charge is -2.18. The highest BCUT2D eigenvalue weighted by Gasteiger charge is 2.20. The summed E-state index contributed by atoms with van der Waals surface area (Å²) in [7, 11) is 1.63. The molecule has 4 rings (SSSR count). The molecule has 152 valence electrons. The zero-order valence-electron chi connectivity index (χ0n) is 17.1. The predicted molar refractivity (Wildman–Crippen MR) is 115 cm³/mol. The highest BCUT2D eigenvalue weighted by Crippen LogP contribution is 2.23. The molecule has 1 aliphatic heterocycles. The van der Waals surface area contributed by atoms with Crippen LogP contribution in [-0.4, -0.2) is 35.3 Å². The average Bonchev–Trinajstić information content (AvgIpc) is 3.17. The molecule has 30 heavy (non-hydrogen) atoms. The molecule has 0 radical (unpaired) electrons. The van der Waals surface area contributed by atoms with E-state index in [2.05, 4.69) is 20.3 Å². The fraction of sp³-hybridized carbons (Fsp3) is 0.250. The second-order valence-electron chi connectivity index (χ2n) is 7.35. The van der Waals surface area contributed by atoms with Crippen molar-refractivity contribution >= 4 is 11.6 Å². The zero-order valence-corrected chi connectivity index (χ0v) is 17.1. The minimum atomic E-state index is -0.192. The van der Waals surface area contributed by atoms with E-state index in [1.54, 1.807) is 13.3 Å². The summed E-state index contributed by atoms with van der Waals surface area (Å²) in [5, 5.41) is 3.05. The van der Waals surface area contributed by atoms with E-state index < -0.39 is 0 Å². The third-order valence-electron chi connectivity index (χ3n) is 5.09. The van der Waals surface area contributed by atoms with Crippen molar-refractivity contribution in [2.24, 2.45) is 4.99 Å². The van der Waals surface area contributed by atoms with Crippen molar-refractivity contribution < 1.29 is 9.53 Å². The van der Waals surface area contributed by atoms with Gasteiger partial charge in [-0.05, 0) is 36.2 Å². The van der Waals surface area contributed by atoms with Crippen LogP contribution in [0.1, 0.15) is 39.7 Å². The largest absolute Gasteiger partial charge is 0.382 e. The van der Waals surface area contributed by atoms with Gasteiger partial charge in [-0.15, -0.1) is 0 Å². The molecule has 3 aromatic rings. The van der Waals surface area contributed by atoms with Gasteiger partial charge in [-0.3, -0.25) is 19.8 Å². The Balaban J connectivity index is 1.46. The maximum absolute atomic E-state index is 12.7. The fourth-order valence-electron chi connectivity index (χ4n) is 3.66. The van der Waals surface area contributed by atoms with Crippen molar-refractivity contribution in [3.8, 4) is 0 Å². The number of carbonyl (C=O) groups excluding carboxylic acids is 1. The number of amides is 1. The topological polar surface area (TPSA) is 76.5 Å². The molecular formula is C24H24N4O2. The first kappa shape index (κ1) is 19.9. The van der Waals surface area contributed by atoms with E-state index in [0.29, 0.717) is 13.2 Å². The van der Waals surface area contributed by atoms with Crippen LogP contribution in [0, 0.1) is 6.92 Å². The Morgan fingerprint density at radius 3 is 2.77 bits per heavy atom. The molecule has 3 heterocycles. The van der Waals surface area contributed by atoms with E-state index in [0.717, 1.165) is 39.4 Å². The number of carbonyl (C=O) groups is 1. The molecule has 1 N–H and O–H groups in total. The maximum Gasteiger partial charge on any atom is 0.226 e. The molecule has 1 aromatic carbocycles. The lowest BCUT2D eigenvalue weighted by atomic mass is 10.0. The van der Waals surface area contributed by atoms with Gasteiger partial charge in [0.15, 0.2) is 0 Å². The molecule has 0 fully saturated rings. The summed E-state index contributed by atoms with van der Waals surface area (Å²) in [4.78, 5) is 26.1. The number of ether oxygens (including phenoxy) is 1. The summed E-state index contributed by atoms with van der Waals surface area (Å²) in [5.41, 5.74) is 6.79. The van der Waals surface area contributed by atoms with Gasteiger partial charge in [0.25, 0.3) is 0 Å². The predicted octanol–water partition coefficient (Wildman–Crippen LogP) is 3.18. The van der Waals surface area contributed by atoms with Crippen LogP contribution >= 0.6 is 0 Å². The molecule has 1 aliphatic rings. The SMILES string of the molecule is COC[C@H](NC(=O)Cc1cc2c(cn1)C(c1ccnc(C)c1)=NC2)c1ccccc1. The van der Waals surface area contributed by atoms with Gasteiger partial charge < -0.3 is 10.1 Å². The normalized spacial score (nSPS) is 13.5. The second-order valence-corrected chi connectivity index (χ2v) is 7.35. The third kappa shape index (κ3) is 4.44. The van der Waals surface area contributed by atoms with Crippen molar-refractivity contribution in [2.45, 2.75) is 25.9 Å². The van der Waals surface area contributed by atoms with Gasteiger partial charge in [-0.2, -0.15) is 0 Å². The number of benzene rings is 1. The molecule has 6 heteroatoms. The van der Waals surface area contributed by atoms with Gasteiger partial charge >= 0.3 is 0 Å². The molecule has 0 saturated heterocycles. The van der Waals surface area contributed by atoms with E-state index in [9.17, 15) is 4.79 Å². The summed E-state index contributed by atoms with van der Waals surface area (Å²) in [6.07, 6.45) is 3.83. The third-order valence-corrected chi connectivity index (χ3v) is 5.09. The molecule has 2 aromatic heterocycles. The number of methoxy groups -OCH3 is 1. The van der Waals surface area contributed by atoms with Crippen LogP contribution in [0.3, 0.4) is 0 Å². The molecule has 0 spiro atoms. The van der Waals surface area contributed by atoms with Crippen molar-refractivity contribution in [1.29, 1.82) is 0 Å². The lowest BCUT2D eigenvalue weighted by Crippen LogP contribution is -2.32. The Bertz CT molecular complexity index is 1080. The Kier molecular flexibility index (Phi) is 5.95. The first-order valence-corrected chi connectivity index (χ1v) is 9.93. The Hall–Kier alpha value is -3.38. The summed E-state index contributed by atoms with van der Waals surface area (Å²) < 4.78 is 5.28. The van der Waals surface area contributed by atoms with Crippen molar-refractivity contribution in [1.82, 2.24) is 15.3 Å². The Morgan fingerprint density at radius 2 is 2.00 bits per heavy atom. The van der Waals surface area contributed by atoms with E-state index in [-0.39, 0.29) is 18.4 Å². The summed E-state index contributed by atoms with van der Waals surface area (Å²) >= 11 is 0. The molecule has 1 amide bonds. The Labute approximate surface area is 176 Å². The number of aliphatic imine (C=N–C) groups is 1. The summed E-state index contributed by atoms with van der Waals surface area (Å²) in [5.74, 6) is -0.0859. The van der Waals surface area contributed by atoms with Crippen LogP contribution in [0.4, 0.5) is 0 Å². The number of pyridine rings is 2. The molecule has 0 bridgehead atoms. The van der Waals surface area contributed by atoms with E-state index in [4.69, 9.17) is 4.74 Å². The second kappa shape index (κ2) is 8.97. The summed E-state index contributed by atoms with van der Waals surface area (Å²) in [6.45, 7) is 2.97. The maximum atomic E-state index is 12.7. The molecule has 1 atom stereocenters. The van der Waals surface area contributed by atoms with Gasteiger partial charge in [0.05, 0.1) is 37.0 Å². The number of nitrogens with one attached hydrogen (secondary N) is 1. The van der Waals surface area contributed by atoms with Crippen LogP contribution in [0.15, 0.2) is 65.9 Å². The quantitative estimate of drug-likeness (QED) is 0.661. The number of rotatable bonds is 7. The molecular weight excluding hydrogens is 376 g/mol. The molecule has 6 nitrogen and oxygen atoms in total. The van der Waals surface area contributed by atoms with Gasteiger partial charge in [-0.25, -0.2) is 0 Å². The van der Waals surface area contributed by atoms with Gasteiger partial charge in [0.1, 0.15) is 0 Å². The number of nitrogens with zero attached hydrogens (tertiary/aromatic N) is 3. The molecule has 0 saturated carbocycles. The van der Waals surface area contributed by atoms with Crippen molar-refractivity contribution in [3.63, 3.8) is 0 Å². The van der Waals surface area contributed by atoms with Crippen molar-refractivity contribution in [2.75, 3.05) is 13.7 Å². The molecule has 0 aliphatic carbocycles. The summed E-state index contributed by atoms with van der Waals surface area (Å²) in [6, 6.07) is 15.6.